The van der Waals surface area contributed by atoms with Gasteiger partial charge in [-0.15, -0.1) is 5.10 Å². The van der Waals surface area contributed by atoms with E-state index in [-0.39, 0.29) is 11.9 Å². The summed E-state index contributed by atoms with van der Waals surface area (Å²) in [6.07, 6.45) is 4.69. The zero-order valence-electron chi connectivity index (χ0n) is 19.0. The maximum Gasteiger partial charge on any atom is 0.407 e. The summed E-state index contributed by atoms with van der Waals surface area (Å²) in [6.45, 7) is 9.40. The summed E-state index contributed by atoms with van der Waals surface area (Å²) >= 11 is 0. The fraction of sp³-hybridized carbons (Fsp3) is 0.571. The van der Waals surface area contributed by atoms with E-state index >= 15 is 0 Å². The zero-order valence-corrected chi connectivity index (χ0v) is 19.0. The van der Waals surface area contributed by atoms with E-state index in [0.717, 1.165) is 25.1 Å². The molecule has 1 atom stereocenters. The van der Waals surface area contributed by atoms with Gasteiger partial charge in [0.2, 0.25) is 5.91 Å². The van der Waals surface area contributed by atoms with E-state index < -0.39 is 11.7 Å². The molecule has 11 nitrogen and oxygen atoms in total. The van der Waals surface area contributed by atoms with E-state index in [1.165, 1.54) is 6.33 Å². The molecule has 0 unspecified atom stereocenters. The summed E-state index contributed by atoms with van der Waals surface area (Å²) in [4.78, 5) is 36.4. The maximum absolute atomic E-state index is 12.2. The number of anilines is 2. The molecule has 0 aromatic carbocycles. The van der Waals surface area contributed by atoms with Crippen LogP contribution in [0.5, 0.6) is 0 Å². The van der Waals surface area contributed by atoms with Crippen LogP contribution in [-0.2, 0) is 9.53 Å². The van der Waals surface area contributed by atoms with Crippen molar-refractivity contribution in [3.05, 3.63) is 12.4 Å². The highest BCUT2D eigenvalue weighted by Crippen LogP contribution is 2.32. The number of alkyl carbamates (subject to hydrolysis) is 1. The van der Waals surface area contributed by atoms with Crippen LogP contribution in [0.4, 0.5) is 16.4 Å². The smallest absolute Gasteiger partial charge is 0.407 e. The molecule has 0 spiro atoms. The lowest BCUT2D eigenvalue weighted by molar-refractivity contribution is -0.127. The lowest BCUT2D eigenvalue weighted by Crippen LogP contribution is -2.49. The van der Waals surface area contributed by atoms with Crippen molar-refractivity contribution in [2.75, 3.05) is 36.8 Å². The van der Waals surface area contributed by atoms with Crippen molar-refractivity contribution in [3.63, 3.8) is 0 Å². The van der Waals surface area contributed by atoms with Crippen molar-refractivity contribution in [3.8, 4) is 0 Å². The summed E-state index contributed by atoms with van der Waals surface area (Å²) < 4.78 is 7.15. The van der Waals surface area contributed by atoms with Gasteiger partial charge in [0.05, 0.1) is 12.2 Å². The molecule has 0 saturated carbocycles. The second kappa shape index (κ2) is 8.29. The number of hydrogen-bond acceptors (Lipinski definition) is 8. The summed E-state index contributed by atoms with van der Waals surface area (Å²) in [5, 5.41) is 8.47. The molecule has 4 rings (SSSR count). The van der Waals surface area contributed by atoms with Gasteiger partial charge in [0, 0.05) is 32.6 Å². The van der Waals surface area contributed by atoms with Gasteiger partial charge in [0.1, 0.15) is 23.1 Å². The third kappa shape index (κ3) is 4.46. The first-order chi connectivity index (χ1) is 15.1. The number of fused-ring (bicyclic) bond motifs is 1. The highest BCUT2D eigenvalue weighted by atomic mass is 16.6. The van der Waals surface area contributed by atoms with Crippen LogP contribution < -0.4 is 16.0 Å². The maximum atomic E-state index is 12.2. The van der Waals surface area contributed by atoms with Crippen LogP contribution in [0, 0.1) is 0 Å². The van der Waals surface area contributed by atoms with E-state index in [1.54, 1.807) is 16.5 Å². The standard InChI is InChI=1S/C21H30N8O3/c1-13(30)27-9-7-15(11-27)29-18-16(17(22)23-12-24-18)19(26-29)28-8-5-6-14(10-28)25-20(31)32-21(2,3)4/h7,12,14H,5-6,8-11H2,1-4H3,(H,25,31)(H2,22,23,24)/t14-/m1/s1. The van der Waals surface area contributed by atoms with Gasteiger partial charge < -0.3 is 25.6 Å². The van der Waals surface area contributed by atoms with Crippen molar-refractivity contribution < 1.29 is 14.3 Å². The lowest BCUT2D eigenvalue weighted by atomic mass is 10.1. The van der Waals surface area contributed by atoms with Crippen LogP contribution in [0.1, 0.15) is 40.5 Å². The molecule has 2 aromatic rings. The van der Waals surface area contributed by atoms with Gasteiger partial charge in [-0.2, -0.15) is 0 Å². The predicted molar refractivity (Wildman–Crippen MR) is 121 cm³/mol. The molecule has 32 heavy (non-hydrogen) atoms. The van der Waals surface area contributed by atoms with Crippen molar-refractivity contribution >= 4 is 40.4 Å². The van der Waals surface area contributed by atoms with E-state index in [9.17, 15) is 9.59 Å². The summed E-state index contributed by atoms with van der Waals surface area (Å²) in [6, 6.07) is -0.0800. The number of nitrogens with zero attached hydrogens (tertiary/aromatic N) is 6. The average molecular weight is 443 g/mol. The van der Waals surface area contributed by atoms with Crippen LogP contribution in [0.3, 0.4) is 0 Å². The number of carbonyl (C=O) groups is 2. The van der Waals surface area contributed by atoms with Crippen molar-refractivity contribution in [1.82, 2.24) is 30.0 Å². The highest BCUT2D eigenvalue weighted by molar-refractivity contribution is 5.98. The molecule has 3 N–H and O–H groups in total. The number of amides is 2. The zero-order chi connectivity index (χ0) is 23.0. The Labute approximate surface area is 186 Å². The molecule has 2 aliphatic rings. The van der Waals surface area contributed by atoms with E-state index in [1.807, 2.05) is 26.8 Å². The van der Waals surface area contributed by atoms with E-state index in [4.69, 9.17) is 15.6 Å². The van der Waals surface area contributed by atoms with Gasteiger partial charge in [0.25, 0.3) is 0 Å². The first kappa shape index (κ1) is 21.8. The number of piperidine rings is 1. The minimum Gasteiger partial charge on any atom is -0.444 e. The average Bonchev–Trinajstić information content (AvgIpc) is 3.32. The Kier molecular flexibility index (Phi) is 5.66. The van der Waals surface area contributed by atoms with Gasteiger partial charge in [0.15, 0.2) is 11.5 Å². The van der Waals surface area contributed by atoms with Gasteiger partial charge in [-0.1, -0.05) is 0 Å². The van der Waals surface area contributed by atoms with Crippen molar-refractivity contribution in [2.24, 2.45) is 0 Å². The summed E-state index contributed by atoms with van der Waals surface area (Å²) in [5.74, 6) is 1.03. The molecule has 2 aliphatic heterocycles. The number of hydrogen-bond donors (Lipinski definition) is 2. The number of nitrogen functional groups attached to an aromatic ring is 1. The minimum atomic E-state index is -0.554. The minimum absolute atomic E-state index is 0.00849. The Morgan fingerprint density at radius 2 is 2.06 bits per heavy atom. The highest BCUT2D eigenvalue weighted by Gasteiger charge is 2.29. The van der Waals surface area contributed by atoms with Crippen molar-refractivity contribution in [2.45, 2.75) is 52.2 Å². The first-order valence-corrected chi connectivity index (χ1v) is 10.8. The first-order valence-electron chi connectivity index (χ1n) is 10.8. The van der Waals surface area contributed by atoms with Crippen LogP contribution in [0.25, 0.3) is 16.7 Å². The predicted octanol–water partition coefficient (Wildman–Crippen LogP) is 1.61. The fourth-order valence-corrected chi connectivity index (χ4v) is 4.07. The van der Waals surface area contributed by atoms with Crippen LogP contribution >= 0.6 is 0 Å². The van der Waals surface area contributed by atoms with Gasteiger partial charge in [-0.25, -0.2) is 19.4 Å². The molecule has 0 bridgehead atoms. The van der Waals surface area contributed by atoms with Crippen molar-refractivity contribution in [1.29, 1.82) is 0 Å². The number of rotatable bonds is 3. The molecular weight excluding hydrogens is 412 g/mol. The Balaban J connectivity index is 1.60. The molecule has 0 aliphatic carbocycles. The Morgan fingerprint density at radius 3 is 2.75 bits per heavy atom. The molecule has 11 heteroatoms. The fourth-order valence-electron chi connectivity index (χ4n) is 4.07. The van der Waals surface area contributed by atoms with Crippen LogP contribution in [-0.4, -0.2) is 74.5 Å². The molecule has 1 saturated heterocycles. The number of nitrogens with two attached hydrogens (primary N) is 1. The topological polar surface area (TPSA) is 132 Å². The number of ether oxygens (including phenoxy) is 1. The molecule has 172 valence electrons. The number of carbonyl (C=O) groups excluding carboxylic acids is 2. The molecule has 0 radical (unpaired) electrons. The third-order valence-corrected chi connectivity index (χ3v) is 5.53. The van der Waals surface area contributed by atoms with E-state index in [0.29, 0.717) is 42.3 Å². The number of nitrogens with one attached hydrogen (secondary N) is 1. The second-order valence-corrected chi connectivity index (χ2v) is 9.22. The summed E-state index contributed by atoms with van der Waals surface area (Å²) in [5.41, 5.74) is 7.15. The van der Waals surface area contributed by atoms with Gasteiger partial charge in [-0.05, 0) is 39.7 Å². The Bertz CT molecular complexity index is 1070. The largest absolute Gasteiger partial charge is 0.444 e. The molecular formula is C21H30N8O3. The summed E-state index contributed by atoms with van der Waals surface area (Å²) in [7, 11) is 0. The monoisotopic (exact) mass is 442 g/mol. The molecule has 2 amide bonds. The van der Waals surface area contributed by atoms with Gasteiger partial charge in [-0.3, -0.25) is 4.79 Å². The molecule has 1 fully saturated rings. The molecule has 2 aromatic heterocycles. The van der Waals surface area contributed by atoms with E-state index in [2.05, 4.69) is 20.2 Å². The number of aromatic nitrogens is 4. The lowest BCUT2D eigenvalue weighted by Gasteiger charge is -2.33. The third-order valence-electron chi connectivity index (χ3n) is 5.53. The second-order valence-electron chi connectivity index (χ2n) is 9.22. The normalized spacial score (nSPS) is 19.2. The van der Waals surface area contributed by atoms with Crippen LogP contribution in [0.2, 0.25) is 0 Å². The SMILES string of the molecule is CC(=O)N1CC=C(n2nc(N3CCC[C@@H](NC(=O)OC(C)(C)C)C3)c3c(N)ncnc32)C1. The Morgan fingerprint density at radius 1 is 1.28 bits per heavy atom. The Hall–Kier alpha value is -3.37. The molecule has 4 heterocycles. The van der Waals surface area contributed by atoms with Gasteiger partial charge >= 0.3 is 6.09 Å². The van der Waals surface area contributed by atoms with Crippen LogP contribution in [0.15, 0.2) is 12.4 Å². The quantitative estimate of drug-likeness (QED) is 0.733.